The van der Waals surface area contributed by atoms with Gasteiger partial charge in [-0.2, -0.15) is 0 Å². The second-order valence-corrected chi connectivity index (χ2v) is 8.51. The summed E-state index contributed by atoms with van der Waals surface area (Å²) in [6, 6.07) is 11.0. The van der Waals surface area contributed by atoms with Crippen LogP contribution in [0.1, 0.15) is 22.0 Å². The first-order valence-corrected chi connectivity index (χ1v) is 10.9. The standard InChI is InChI=1S/C22H18F3N3O4S/c1-26-22(30)20(14-4-11-18(24)19(25)12-14)27-21(29)13-2-9-17(10-3-13)33(31,32)28-16-7-5-15(23)6-8-16/h2-12,20,28H,1H3,(H,26,30)(H,27,29). The van der Waals surface area contributed by atoms with Crippen LogP contribution in [0.4, 0.5) is 18.9 Å². The van der Waals surface area contributed by atoms with E-state index in [0.717, 1.165) is 30.3 Å². The Kier molecular flexibility index (Phi) is 7.02. The number of rotatable bonds is 7. The lowest BCUT2D eigenvalue weighted by Crippen LogP contribution is -2.39. The van der Waals surface area contributed by atoms with Crippen LogP contribution in [0.25, 0.3) is 0 Å². The molecule has 0 fully saturated rings. The number of hydrogen-bond donors (Lipinski definition) is 3. The van der Waals surface area contributed by atoms with Gasteiger partial charge in [-0.3, -0.25) is 14.3 Å². The average molecular weight is 477 g/mol. The monoisotopic (exact) mass is 477 g/mol. The van der Waals surface area contributed by atoms with E-state index < -0.39 is 45.3 Å². The Labute approximate surface area is 187 Å². The van der Waals surface area contributed by atoms with Crippen molar-refractivity contribution in [2.24, 2.45) is 0 Å². The van der Waals surface area contributed by atoms with Crippen LogP contribution < -0.4 is 15.4 Å². The van der Waals surface area contributed by atoms with Crippen LogP contribution in [0.15, 0.2) is 71.6 Å². The quantitative estimate of drug-likeness (QED) is 0.486. The van der Waals surface area contributed by atoms with Gasteiger partial charge in [-0.1, -0.05) is 6.07 Å². The molecule has 0 aliphatic carbocycles. The summed E-state index contributed by atoms with van der Waals surface area (Å²) in [6.45, 7) is 0. The fraction of sp³-hybridized carbons (Fsp3) is 0.0909. The Balaban J connectivity index is 1.78. The number of halogens is 3. The van der Waals surface area contributed by atoms with Gasteiger partial charge in [0.05, 0.1) is 4.90 Å². The lowest BCUT2D eigenvalue weighted by Gasteiger charge is -2.18. The number of anilines is 1. The van der Waals surface area contributed by atoms with Gasteiger partial charge in [0.15, 0.2) is 11.6 Å². The first-order valence-electron chi connectivity index (χ1n) is 9.46. The smallest absolute Gasteiger partial charge is 0.261 e. The highest BCUT2D eigenvalue weighted by Crippen LogP contribution is 2.20. The van der Waals surface area contributed by atoms with Crippen molar-refractivity contribution in [1.29, 1.82) is 0 Å². The first kappa shape index (κ1) is 23.8. The molecule has 0 bridgehead atoms. The number of carbonyl (C=O) groups excluding carboxylic acids is 2. The number of amides is 2. The zero-order valence-electron chi connectivity index (χ0n) is 17.1. The zero-order valence-corrected chi connectivity index (χ0v) is 17.9. The van der Waals surface area contributed by atoms with Gasteiger partial charge in [-0.05, 0) is 66.2 Å². The van der Waals surface area contributed by atoms with Crippen molar-refractivity contribution in [1.82, 2.24) is 10.6 Å². The molecule has 11 heteroatoms. The van der Waals surface area contributed by atoms with E-state index in [4.69, 9.17) is 0 Å². The molecule has 0 aromatic heterocycles. The van der Waals surface area contributed by atoms with E-state index in [1.54, 1.807) is 0 Å². The van der Waals surface area contributed by atoms with E-state index in [2.05, 4.69) is 15.4 Å². The normalized spacial score (nSPS) is 12.0. The first-order chi connectivity index (χ1) is 15.6. The van der Waals surface area contributed by atoms with Crippen LogP contribution in [0.5, 0.6) is 0 Å². The molecule has 1 atom stereocenters. The SMILES string of the molecule is CNC(=O)C(NC(=O)c1ccc(S(=O)(=O)Nc2ccc(F)cc2)cc1)c1ccc(F)c(F)c1. The molecule has 0 aliphatic heterocycles. The van der Waals surface area contributed by atoms with Crippen LogP contribution in [0.2, 0.25) is 0 Å². The summed E-state index contributed by atoms with van der Waals surface area (Å²) >= 11 is 0. The van der Waals surface area contributed by atoms with Crippen LogP contribution in [0.3, 0.4) is 0 Å². The fourth-order valence-electron chi connectivity index (χ4n) is 2.87. The summed E-state index contributed by atoms with van der Waals surface area (Å²) in [4.78, 5) is 24.7. The third kappa shape index (κ3) is 5.69. The molecular formula is C22H18F3N3O4S. The number of hydrogen-bond acceptors (Lipinski definition) is 4. The summed E-state index contributed by atoms with van der Waals surface area (Å²) in [6.07, 6.45) is 0. The van der Waals surface area contributed by atoms with Crippen LogP contribution in [0, 0.1) is 17.5 Å². The molecule has 172 valence electrons. The molecule has 0 saturated carbocycles. The highest BCUT2D eigenvalue weighted by Gasteiger charge is 2.24. The van der Waals surface area contributed by atoms with Gasteiger partial charge in [0.1, 0.15) is 11.9 Å². The van der Waals surface area contributed by atoms with Crippen molar-refractivity contribution in [3.63, 3.8) is 0 Å². The Morgan fingerprint density at radius 2 is 1.48 bits per heavy atom. The Morgan fingerprint density at radius 1 is 0.848 bits per heavy atom. The summed E-state index contributed by atoms with van der Waals surface area (Å²) in [5.74, 6) is -4.22. The number of nitrogens with one attached hydrogen (secondary N) is 3. The maximum absolute atomic E-state index is 13.6. The predicted octanol–water partition coefficient (Wildman–Crippen LogP) is 3.12. The minimum atomic E-state index is -4.01. The molecule has 0 saturated heterocycles. The molecule has 0 spiro atoms. The molecular weight excluding hydrogens is 459 g/mol. The molecule has 0 radical (unpaired) electrons. The maximum Gasteiger partial charge on any atom is 0.261 e. The molecule has 3 aromatic rings. The van der Waals surface area contributed by atoms with Gasteiger partial charge < -0.3 is 10.6 Å². The molecule has 1 unspecified atom stereocenters. The van der Waals surface area contributed by atoms with Crippen molar-refractivity contribution < 1.29 is 31.2 Å². The van der Waals surface area contributed by atoms with Crippen molar-refractivity contribution in [2.75, 3.05) is 11.8 Å². The largest absolute Gasteiger partial charge is 0.357 e. The fourth-order valence-corrected chi connectivity index (χ4v) is 3.93. The summed E-state index contributed by atoms with van der Waals surface area (Å²) < 4.78 is 67.1. The number of benzene rings is 3. The molecule has 33 heavy (non-hydrogen) atoms. The van der Waals surface area contributed by atoms with E-state index in [1.165, 1.54) is 43.4 Å². The second kappa shape index (κ2) is 9.74. The molecule has 3 aromatic carbocycles. The Bertz CT molecular complexity index is 1280. The third-order valence-electron chi connectivity index (χ3n) is 4.58. The van der Waals surface area contributed by atoms with Gasteiger partial charge in [-0.25, -0.2) is 21.6 Å². The molecule has 3 N–H and O–H groups in total. The van der Waals surface area contributed by atoms with Crippen molar-refractivity contribution in [3.05, 3.63) is 95.3 Å². The second-order valence-electron chi connectivity index (χ2n) is 6.83. The van der Waals surface area contributed by atoms with Gasteiger partial charge in [0, 0.05) is 18.3 Å². The lowest BCUT2D eigenvalue weighted by atomic mass is 10.0. The van der Waals surface area contributed by atoms with E-state index in [0.29, 0.717) is 0 Å². The summed E-state index contributed by atoms with van der Waals surface area (Å²) in [5.41, 5.74) is 0.190. The third-order valence-corrected chi connectivity index (χ3v) is 5.98. The predicted molar refractivity (Wildman–Crippen MR) is 114 cm³/mol. The topological polar surface area (TPSA) is 104 Å². The number of carbonyl (C=O) groups is 2. The zero-order chi connectivity index (χ0) is 24.2. The average Bonchev–Trinajstić information content (AvgIpc) is 2.80. The molecule has 3 rings (SSSR count). The van der Waals surface area contributed by atoms with Crippen LogP contribution in [-0.2, 0) is 14.8 Å². The summed E-state index contributed by atoms with van der Waals surface area (Å²) in [5, 5.41) is 4.74. The van der Waals surface area contributed by atoms with E-state index in [-0.39, 0.29) is 21.7 Å². The van der Waals surface area contributed by atoms with Crippen LogP contribution >= 0.6 is 0 Å². The van der Waals surface area contributed by atoms with Gasteiger partial charge in [-0.15, -0.1) is 0 Å². The highest BCUT2D eigenvalue weighted by molar-refractivity contribution is 7.92. The molecule has 7 nitrogen and oxygen atoms in total. The van der Waals surface area contributed by atoms with Crippen molar-refractivity contribution >= 4 is 27.5 Å². The van der Waals surface area contributed by atoms with Gasteiger partial charge >= 0.3 is 0 Å². The number of sulfonamides is 1. The van der Waals surface area contributed by atoms with E-state index in [9.17, 15) is 31.2 Å². The van der Waals surface area contributed by atoms with Crippen molar-refractivity contribution in [3.8, 4) is 0 Å². The summed E-state index contributed by atoms with van der Waals surface area (Å²) in [7, 11) is -2.69. The minimum Gasteiger partial charge on any atom is -0.357 e. The molecule has 0 heterocycles. The van der Waals surface area contributed by atoms with Gasteiger partial charge in [0.2, 0.25) is 5.91 Å². The Morgan fingerprint density at radius 3 is 2.06 bits per heavy atom. The molecule has 0 aliphatic rings. The van der Waals surface area contributed by atoms with Crippen molar-refractivity contribution in [2.45, 2.75) is 10.9 Å². The Hall–Kier alpha value is -3.86. The molecule has 2 amide bonds. The van der Waals surface area contributed by atoms with E-state index >= 15 is 0 Å². The van der Waals surface area contributed by atoms with E-state index in [1.807, 2.05) is 0 Å². The number of likely N-dealkylation sites (N-methyl/N-ethyl adjacent to an activating group) is 1. The highest BCUT2D eigenvalue weighted by atomic mass is 32.2. The maximum atomic E-state index is 13.6. The minimum absolute atomic E-state index is 0.0179. The lowest BCUT2D eigenvalue weighted by molar-refractivity contribution is -0.122. The van der Waals surface area contributed by atoms with Crippen LogP contribution in [-0.4, -0.2) is 27.3 Å². The van der Waals surface area contributed by atoms with Gasteiger partial charge in [0.25, 0.3) is 15.9 Å².